The average molecular weight is 255 g/mol. The highest BCUT2D eigenvalue weighted by Crippen LogP contribution is 2.25. The van der Waals surface area contributed by atoms with Crippen molar-refractivity contribution in [2.45, 2.75) is 13.8 Å². The third-order valence-electron chi connectivity index (χ3n) is 3.18. The van der Waals surface area contributed by atoms with Gasteiger partial charge in [-0.15, -0.1) is 0 Å². The molecule has 2 aromatic rings. The van der Waals surface area contributed by atoms with Gasteiger partial charge in [0.25, 0.3) is 0 Å². The number of aromatic nitrogens is 2. The third-order valence-corrected chi connectivity index (χ3v) is 3.18. The Hall–Kier alpha value is -2.61. The summed E-state index contributed by atoms with van der Waals surface area (Å²) in [7, 11) is 1.68. The lowest BCUT2D eigenvalue weighted by atomic mass is 9.98. The molecule has 0 saturated carbocycles. The van der Waals surface area contributed by atoms with Crippen LogP contribution in [-0.2, 0) is 7.05 Å². The Morgan fingerprint density at radius 3 is 2.58 bits per heavy atom. The molecule has 1 heterocycles. The Morgan fingerprint density at radius 1 is 1.37 bits per heavy atom. The number of aryl methyl sites for hydroxylation is 2. The normalized spacial score (nSPS) is 10.2. The molecule has 0 unspecified atom stereocenters. The van der Waals surface area contributed by atoms with Gasteiger partial charge in [0.05, 0.1) is 17.3 Å². The predicted molar refractivity (Wildman–Crippen MR) is 69.8 cm³/mol. The van der Waals surface area contributed by atoms with Crippen LogP contribution >= 0.6 is 0 Å². The first-order valence-corrected chi connectivity index (χ1v) is 5.73. The number of aromatic carboxylic acids is 1. The number of carbonyl (C=O) groups is 1. The zero-order valence-electron chi connectivity index (χ0n) is 10.9. The van der Waals surface area contributed by atoms with Crippen molar-refractivity contribution in [3.63, 3.8) is 0 Å². The Morgan fingerprint density at radius 2 is 2.05 bits per heavy atom. The third kappa shape index (κ3) is 2.20. The molecule has 0 saturated heterocycles. The topological polar surface area (TPSA) is 78.9 Å². The van der Waals surface area contributed by atoms with Gasteiger partial charge in [-0.3, -0.25) is 4.68 Å². The molecule has 1 aromatic carbocycles. The second-order valence-corrected chi connectivity index (χ2v) is 4.42. The monoisotopic (exact) mass is 255 g/mol. The Kier molecular flexibility index (Phi) is 3.09. The van der Waals surface area contributed by atoms with E-state index in [0.717, 1.165) is 16.7 Å². The van der Waals surface area contributed by atoms with Crippen molar-refractivity contribution in [2.75, 3.05) is 0 Å². The van der Waals surface area contributed by atoms with E-state index >= 15 is 0 Å². The van der Waals surface area contributed by atoms with Gasteiger partial charge in [-0.1, -0.05) is 0 Å². The van der Waals surface area contributed by atoms with Crippen molar-refractivity contribution in [1.82, 2.24) is 9.78 Å². The van der Waals surface area contributed by atoms with Gasteiger partial charge in [0.2, 0.25) is 0 Å². The second-order valence-electron chi connectivity index (χ2n) is 4.42. The predicted octanol–water partition coefficient (Wildman–Crippen LogP) is 2.27. The first kappa shape index (κ1) is 12.8. The SMILES string of the molecule is Cc1cc(-c2cc(C(=O)O)nn2C)cc(C#N)c1C. The summed E-state index contributed by atoms with van der Waals surface area (Å²) in [6.07, 6.45) is 0. The van der Waals surface area contributed by atoms with Crippen LogP contribution < -0.4 is 0 Å². The van der Waals surface area contributed by atoms with E-state index < -0.39 is 5.97 Å². The van der Waals surface area contributed by atoms with Crippen LogP contribution in [0, 0.1) is 25.2 Å². The Bertz CT molecular complexity index is 708. The van der Waals surface area contributed by atoms with Crippen LogP contribution in [0.3, 0.4) is 0 Å². The largest absolute Gasteiger partial charge is 0.476 e. The summed E-state index contributed by atoms with van der Waals surface area (Å²) >= 11 is 0. The highest BCUT2D eigenvalue weighted by Gasteiger charge is 2.14. The average Bonchev–Trinajstić information content (AvgIpc) is 2.75. The lowest BCUT2D eigenvalue weighted by Gasteiger charge is -2.07. The number of nitrogens with zero attached hydrogens (tertiary/aromatic N) is 3. The van der Waals surface area contributed by atoms with Gasteiger partial charge in [-0.2, -0.15) is 10.4 Å². The Balaban J connectivity index is 2.63. The van der Waals surface area contributed by atoms with E-state index in [0.29, 0.717) is 11.3 Å². The number of nitriles is 1. The van der Waals surface area contributed by atoms with Crippen LogP contribution in [0.2, 0.25) is 0 Å². The number of hydrogen-bond donors (Lipinski definition) is 1. The summed E-state index contributed by atoms with van der Waals surface area (Å²) in [5.41, 5.74) is 3.99. The molecule has 0 amide bonds. The zero-order chi connectivity index (χ0) is 14.2. The van der Waals surface area contributed by atoms with Crippen LogP contribution in [0.4, 0.5) is 0 Å². The van der Waals surface area contributed by atoms with Crippen molar-refractivity contribution in [1.29, 1.82) is 5.26 Å². The molecular formula is C14H13N3O2. The molecule has 0 aliphatic rings. The van der Waals surface area contributed by atoms with Crippen LogP contribution in [-0.4, -0.2) is 20.9 Å². The number of carboxylic acids is 1. The van der Waals surface area contributed by atoms with Gasteiger partial charge >= 0.3 is 5.97 Å². The van der Waals surface area contributed by atoms with Crippen LogP contribution in [0.1, 0.15) is 27.2 Å². The number of rotatable bonds is 2. The lowest BCUT2D eigenvalue weighted by molar-refractivity contribution is 0.0689. The van der Waals surface area contributed by atoms with E-state index in [2.05, 4.69) is 11.2 Å². The van der Waals surface area contributed by atoms with E-state index in [4.69, 9.17) is 10.4 Å². The van der Waals surface area contributed by atoms with E-state index in [-0.39, 0.29) is 5.69 Å². The molecule has 2 rings (SSSR count). The second kappa shape index (κ2) is 4.58. The minimum Gasteiger partial charge on any atom is -0.476 e. The maximum absolute atomic E-state index is 10.9. The van der Waals surface area contributed by atoms with Gasteiger partial charge in [0, 0.05) is 12.6 Å². The molecule has 96 valence electrons. The maximum Gasteiger partial charge on any atom is 0.356 e. The first-order valence-electron chi connectivity index (χ1n) is 5.73. The number of benzene rings is 1. The molecule has 5 nitrogen and oxygen atoms in total. The Labute approximate surface area is 110 Å². The molecule has 0 fully saturated rings. The van der Waals surface area contributed by atoms with E-state index in [1.807, 2.05) is 19.9 Å². The van der Waals surface area contributed by atoms with Crippen LogP contribution in [0.5, 0.6) is 0 Å². The van der Waals surface area contributed by atoms with Crippen LogP contribution in [0.25, 0.3) is 11.3 Å². The molecule has 1 aromatic heterocycles. The lowest BCUT2D eigenvalue weighted by Crippen LogP contribution is -1.99. The number of carboxylic acid groups (broad SMARTS) is 1. The number of hydrogen-bond acceptors (Lipinski definition) is 3. The summed E-state index contributed by atoms with van der Waals surface area (Å²) in [5, 5.41) is 22.0. The van der Waals surface area contributed by atoms with Gasteiger partial charge in [-0.25, -0.2) is 4.79 Å². The highest BCUT2D eigenvalue weighted by atomic mass is 16.4. The molecule has 5 heteroatoms. The summed E-state index contributed by atoms with van der Waals surface area (Å²) in [6, 6.07) is 7.34. The summed E-state index contributed by atoms with van der Waals surface area (Å²) < 4.78 is 1.51. The van der Waals surface area contributed by atoms with Gasteiger partial charge < -0.3 is 5.11 Å². The minimum absolute atomic E-state index is 0.00534. The van der Waals surface area contributed by atoms with Crippen molar-refractivity contribution in [2.24, 2.45) is 7.05 Å². The molecule has 19 heavy (non-hydrogen) atoms. The zero-order valence-corrected chi connectivity index (χ0v) is 10.9. The smallest absolute Gasteiger partial charge is 0.356 e. The molecule has 0 aliphatic heterocycles. The molecule has 0 bridgehead atoms. The highest BCUT2D eigenvalue weighted by molar-refractivity contribution is 5.87. The van der Waals surface area contributed by atoms with E-state index in [1.54, 1.807) is 13.1 Å². The van der Waals surface area contributed by atoms with Gasteiger partial charge in [0.15, 0.2) is 5.69 Å². The van der Waals surface area contributed by atoms with Crippen molar-refractivity contribution < 1.29 is 9.90 Å². The first-order chi connectivity index (χ1) is 8.93. The minimum atomic E-state index is -1.06. The molecule has 1 N–H and O–H groups in total. The standard InChI is InChI=1S/C14H13N3O2/c1-8-4-10(5-11(7-15)9(8)2)13-6-12(14(18)19)16-17(13)3/h4-6H,1-3H3,(H,18,19). The van der Waals surface area contributed by atoms with Crippen molar-refractivity contribution in [3.05, 3.63) is 40.6 Å². The van der Waals surface area contributed by atoms with E-state index in [1.165, 1.54) is 10.7 Å². The molecule has 0 radical (unpaired) electrons. The van der Waals surface area contributed by atoms with E-state index in [9.17, 15) is 4.79 Å². The summed E-state index contributed by atoms with van der Waals surface area (Å²) in [4.78, 5) is 10.9. The summed E-state index contributed by atoms with van der Waals surface area (Å²) in [5.74, 6) is -1.06. The molecule has 0 spiro atoms. The fourth-order valence-corrected chi connectivity index (χ4v) is 1.97. The fourth-order valence-electron chi connectivity index (χ4n) is 1.97. The quantitative estimate of drug-likeness (QED) is 0.892. The molecule has 0 aliphatic carbocycles. The van der Waals surface area contributed by atoms with Crippen molar-refractivity contribution >= 4 is 5.97 Å². The fraction of sp³-hybridized carbons (Fsp3) is 0.214. The molecule has 0 atom stereocenters. The maximum atomic E-state index is 10.9. The summed E-state index contributed by atoms with van der Waals surface area (Å²) in [6.45, 7) is 3.82. The molecular weight excluding hydrogens is 242 g/mol. The van der Waals surface area contributed by atoms with Gasteiger partial charge in [-0.05, 0) is 43.2 Å². The van der Waals surface area contributed by atoms with Crippen molar-refractivity contribution in [3.8, 4) is 17.3 Å². The van der Waals surface area contributed by atoms with Gasteiger partial charge in [0.1, 0.15) is 0 Å². The van der Waals surface area contributed by atoms with Crippen LogP contribution in [0.15, 0.2) is 18.2 Å².